The van der Waals surface area contributed by atoms with Crippen molar-refractivity contribution in [2.24, 2.45) is 0 Å². The van der Waals surface area contributed by atoms with Crippen molar-refractivity contribution in [2.75, 3.05) is 0 Å². The van der Waals surface area contributed by atoms with Gasteiger partial charge in [-0.3, -0.25) is 0 Å². The van der Waals surface area contributed by atoms with Crippen molar-refractivity contribution >= 4 is 17.7 Å². The molecule has 0 atom stereocenters. The van der Waals surface area contributed by atoms with Gasteiger partial charge < -0.3 is 0 Å². The Morgan fingerprint density at radius 3 is 2.85 bits per heavy atom. The van der Waals surface area contributed by atoms with Gasteiger partial charge in [0.25, 0.3) is 0 Å². The number of allylic oxidation sites excluding steroid dienone is 1. The van der Waals surface area contributed by atoms with Crippen LogP contribution in [0.2, 0.25) is 5.02 Å². The van der Waals surface area contributed by atoms with Gasteiger partial charge in [-0.05, 0) is 30.2 Å². The Balaban J connectivity index is 2.84. The summed E-state index contributed by atoms with van der Waals surface area (Å²) in [6, 6.07) is 7.86. The topological polar surface area (TPSA) is 23.8 Å². The van der Waals surface area contributed by atoms with Gasteiger partial charge in [0.05, 0.1) is 12.5 Å². The Labute approximate surface area is 83.3 Å². The fourth-order valence-electron chi connectivity index (χ4n) is 1.11. The van der Waals surface area contributed by atoms with Crippen molar-refractivity contribution in [1.29, 1.82) is 5.26 Å². The Kier molecular flexibility index (Phi) is 3.54. The monoisotopic (exact) mass is 191 g/mol. The minimum Gasteiger partial charge on any atom is -0.198 e. The van der Waals surface area contributed by atoms with Crippen molar-refractivity contribution in [2.45, 2.75) is 13.3 Å². The number of hydrogen-bond acceptors (Lipinski definition) is 1. The van der Waals surface area contributed by atoms with Gasteiger partial charge in [-0.2, -0.15) is 5.26 Å². The first kappa shape index (κ1) is 9.83. The van der Waals surface area contributed by atoms with Gasteiger partial charge in [-0.1, -0.05) is 29.8 Å². The second-order valence-corrected chi connectivity index (χ2v) is 3.26. The smallest absolute Gasteiger partial charge is 0.0663 e. The predicted molar refractivity (Wildman–Crippen MR) is 55.5 cm³/mol. The minimum atomic E-state index is 0.436. The first-order chi connectivity index (χ1) is 6.22. The number of nitrogens with zero attached hydrogens (tertiary/aromatic N) is 1. The number of rotatable bonds is 2. The summed E-state index contributed by atoms with van der Waals surface area (Å²) in [4.78, 5) is 0. The van der Waals surface area contributed by atoms with Crippen molar-refractivity contribution < 1.29 is 0 Å². The maximum absolute atomic E-state index is 8.33. The third-order valence-electron chi connectivity index (χ3n) is 1.58. The molecule has 0 saturated heterocycles. The predicted octanol–water partition coefficient (Wildman–Crippen LogP) is 3.58. The van der Waals surface area contributed by atoms with E-state index in [1.165, 1.54) is 0 Å². The maximum atomic E-state index is 8.33. The van der Waals surface area contributed by atoms with Crippen LogP contribution in [0.5, 0.6) is 0 Å². The van der Waals surface area contributed by atoms with Gasteiger partial charge in [0.1, 0.15) is 0 Å². The van der Waals surface area contributed by atoms with Crippen LogP contribution in [-0.4, -0.2) is 0 Å². The fourth-order valence-corrected chi connectivity index (χ4v) is 1.41. The van der Waals surface area contributed by atoms with E-state index in [-0.39, 0.29) is 0 Å². The summed E-state index contributed by atoms with van der Waals surface area (Å²) in [6.07, 6.45) is 4.17. The van der Waals surface area contributed by atoms with Gasteiger partial charge in [0.2, 0.25) is 0 Å². The van der Waals surface area contributed by atoms with E-state index in [1.807, 2.05) is 43.3 Å². The summed E-state index contributed by atoms with van der Waals surface area (Å²) in [5, 5.41) is 9.06. The Bertz CT molecular complexity index is 341. The molecule has 0 unspecified atom stereocenters. The second-order valence-electron chi connectivity index (χ2n) is 2.83. The van der Waals surface area contributed by atoms with Crippen LogP contribution in [0.25, 0.3) is 6.08 Å². The molecule has 0 aliphatic carbocycles. The van der Waals surface area contributed by atoms with E-state index < -0.39 is 0 Å². The molecule has 0 aliphatic heterocycles. The summed E-state index contributed by atoms with van der Waals surface area (Å²) < 4.78 is 0. The van der Waals surface area contributed by atoms with Crippen LogP contribution >= 0.6 is 11.6 Å². The lowest BCUT2D eigenvalue weighted by Gasteiger charge is -1.97. The van der Waals surface area contributed by atoms with Crippen LogP contribution in [0.4, 0.5) is 0 Å². The lowest BCUT2D eigenvalue weighted by molar-refractivity contribution is 1.36. The van der Waals surface area contributed by atoms with Gasteiger partial charge in [-0.15, -0.1) is 0 Å². The molecule has 1 nitrogen and oxygen atoms in total. The van der Waals surface area contributed by atoms with Crippen molar-refractivity contribution in [1.82, 2.24) is 0 Å². The number of aryl methyl sites for hydroxylation is 1. The van der Waals surface area contributed by atoms with E-state index >= 15 is 0 Å². The molecule has 2 heteroatoms. The van der Waals surface area contributed by atoms with Gasteiger partial charge in [0, 0.05) is 5.02 Å². The molecule has 0 amide bonds. The maximum Gasteiger partial charge on any atom is 0.0663 e. The molecular formula is C11H10ClN. The quantitative estimate of drug-likeness (QED) is 0.701. The molecule has 0 aliphatic rings. The standard InChI is InChI=1S/C11H10ClN/c1-9-6-10(4-2-3-5-13)8-11(12)7-9/h2,4,6-8H,3H2,1H3. The Morgan fingerprint density at radius 1 is 1.46 bits per heavy atom. The first-order valence-corrected chi connectivity index (χ1v) is 4.41. The molecule has 1 aromatic rings. The summed E-state index contributed by atoms with van der Waals surface area (Å²) >= 11 is 5.86. The first-order valence-electron chi connectivity index (χ1n) is 4.03. The molecule has 0 saturated carbocycles. The SMILES string of the molecule is Cc1cc(Cl)cc(C=CCC#N)c1. The minimum absolute atomic E-state index is 0.436. The van der Waals surface area contributed by atoms with E-state index in [4.69, 9.17) is 16.9 Å². The van der Waals surface area contributed by atoms with Gasteiger partial charge in [-0.25, -0.2) is 0 Å². The number of hydrogen-bond donors (Lipinski definition) is 0. The number of halogens is 1. The highest BCUT2D eigenvalue weighted by Crippen LogP contribution is 2.15. The largest absolute Gasteiger partial charge is 0.198 e. The van der Waals surface area contributed by atoms with Gasteiger partial charge >= 0.3 is 0 Å². The van der Waals surface area contributed by atoms with Crippen LogP contribution in [0.3, 0.4) is 0 Å². The van der Waals surface area contributed by atoms with E-state index in [9.17, 15) is 0 Å². The highest BCUT2D eigenvalue weighted by molar-refractivity contribution is 6.30. The van der Waals surface area contributed by atoms with Crippen LogP contribution < -0.4 is 0 Å². The summed E-state index contributed by atoms with van der Waals surface area (Å²) in [5.41, 5.74) is 2.17. The summed E-state index contributed by atoms with van der Waals surface area (Å²) in [5.74, 6) is 0. The van der Waals surface area contributed by atoms with E-state index in [0.717, 1.165) is 16.1 Å². The highest BCUT2D eigenvalue weighted by atomic mass is 35.5. The average molecular weight is 192 g/mol. The van der Waals surface area contributed by atoms with E-state index in [0.29, 0.717) is 6.42 Å². The molecule has 1 rings (SSSR count). The fraction of sp³-hybridized carbons (Fsp3) is 0.182. The number of nitriles is 1. The van der Waals surface area contributed by atoms with Crippen LogP contribution in [-0.2, 0) is 0 Å². The van der Waals surface area contributed by atoms with Gasteiger partial charge in [0.15, 0.2) is 0 Å². The Morgan fingerprint density at radius 2 is 2.23 bits per heavy atom. The third kappa shape index (κ3) is 3.31. The van der Waals surface area contributed by atoms with Crippen molar-refractivity contribution in [3.8, 4) is 6.07 Å². The normalized spacial score (nSPS) is 10.2. The van der Waals surface area contributed by atoms with Crippen molar-refractivity contribution in [3.05, 3.63) is 40.4 Å². The molecule has 0 N–H and O–H groups in total. The summed E-state index contributed by atoms with van der Waals surface area (Å²) in [7, 11) is 0. The second kappa shape index (κ2) is 4.69. The molecule has 0 fully saturated rings. The third-order valence-corrected chi connectivity index (χ3v) is 1.80. The molecule has 0 heterocycles. The van der Waals surface area contributed by atoms with E-state index in [1.54, 1.807) is 0 Å². The zero-order valence-electron chi connectivity index (χ0n) is 7.42. The number of benzene rings is 1. The summed E-state index contributed by atoms with van der Waals surface area (Å²) in [6.45, 7) is 1.99. The zero-order valence-corrected chi connectivity index (χ0v) is 8.17. The molecule has 0 spiro atoms. The lowest BCUT2D eigenvalue weighted by Crippen LogP contribution is -1.76. The molecule has 13 heavy (non-hydrogen) atoms. The Hall–Kier alpha value is -1.26. The lowest BCUT2D eigenvalue weighted by atomic mass is 10.1. The molecule has 66 valence electrons. The molecule has 0 bridgehead atoms. The molecule has 1 aromatic carbocycles. The molecule has 0 aromatic heterocycles. The van der Waals surface area contributed by atoms with Crippen LogP contribution in [0.1, 0.15) is 17.5 Å². The van der Waals surface area contributed by atoms with Crippen LogP contribution in [0, 0.1) is 18.3 Å². The molecule has 0 radical (unpaired) electrons. The average Bonchev–Trinajstić information content (AvgIpc) is 2.03. The van der Waals surface area contributed by atoms with Crippen LogP contribution in [0.15, 0.2) is 24.3 Å². The van der Waals surface area contributed by atoms with Crippen molar-refractivity contribution in [3.63, 3.8) is 0 Å². The highest BCUT2D eigenvalue weighted by Gasteiger charge is 1.92. The zero-order chi connectivity index (χ0) is 9.68. The molecular weight excluding hydrogens is 182 g/mol. The van der Waals surface area contributed by atoms with E-state index in [2.05, 4.69) is 0 Å².